The van der Waals surface area contributed by atoms with E-state index in [1.165, 1.54) is 6.92 Å². The molecule has 0 radical (unpaired) electrons. The van der Waals surface area contributed by atoms with Crippen LogP contribution in [0.25, 0.3) is 11.6 Å². The van der Waals surface area contributed by atoms with Gasteiger partial charge in [0.1, 0.15) is 0 Å². The van der Waals surface area contributed by atoms with Gasteiger partial charge in [-0.05, 0) is 29.8 Å². The van der Waals surface area contributed by atoms with Crippen LogP contribution in [0.4, 0.5) is 11.4 Å². The Balaban J connectivity index is 1.91. The second kappa shape index (κ2) is 5.25. The van der Waals surface area contributed by atoms with Crippen molar-refractivity contribution in [2.75, 3.05) is 10.6 Å². The van der Waals surface area contributed by atoms with Gasteiger partial charge >= 0.3 is 0 Å². The Morgan fingerprint density at radius 2 is 1.81 bits per heavy atom. The van der Waals surface area contributed by atoms with Crippen LogP contribution >= 0.6 is 0 Å². The number of anilines is 2. The summed E-state index contributed by atoms with van der Waals surface area (Å²) in [5.74, 6) is -0.202. The highest BCUT2D eigenvalue weighted by molar-refractivity contribution is 6.34. The van der Waals surface area contributed by atoms with Crippen LogP contribution in [0.2, 0.25) is 0 Å². The molecule has 4 nitrogen and oxygen atoms in total. The zero-order valence-electron chi connectivity index (χ0n) is 11.5. The van der Waals surface area contributed by atoms with Gasteiger partial charge in [0.05, 0.1) is 0 Å². The number of amides is 2. The molecule has 0 fully saturated rings. The predicted octanol–water partition coefficient (Wildman–Crippen LogP) is 3.14. The van der Waals surface area contributed by atoms with Crippen LogP contribution in [0.1, 0.15) is 18.1 Å². The molecule has 2 N–H and O–H groups in total. The van der Waals surface area contributed by atoms with Gasteiger partial charge in [0.25, 0.3) is 5.91 Å². The number of para-hydroxylation sites is 1. The van der Waals surface area contributed by atoms with E-state index >= 15 is 0 Å². The average Bonchev–Trinajstić information content (AvgIpc) is 2.77. The van der Waals surface area contributed by atoms with Gasteiger partial charge in [0.2, 0.25) is 5.91 Å². The van der Waals surface area contributed by atoms with Gasteiger partial charge in [-0.2, -0.15) is 0 Å². The molecule has 2 aromatic rings. The number of fused-ring (bicyclic) bond motifs is 1. The number of hydrogen-bond acceptors (Lipinski definition) is 2. The van der Waals surface area contributed by atoms with E-state index in [9.17, 15) is 9.59 Å². The minimum atomic E-state index is -0.106. The largest absolute Gasteiger partial charge is 0.326 e. The van der Waals surface area contributed by atoms with Gasteiger partial charge in [-0.15, -0.1) is 0 Å². The lowest BCUT2D eigenvalue weighted by molar-refractivity contribution is -0.114. The van der Waals surface area contributed by atoms with Crippen molar-refractivity contribution in [1.29, 1.82) is 0 Å². The van der Waals surface area contributed by atoms with Crippen molar-refractivity contribution in [3.63, 3.8) is 0 Å². The molecule has 0 unspecified atom stereocenters. The smallest absolute Gasteiger partial charge is 0.256 e. The normalized spacial score (nSPS) is 14.7. The molecule has 0 aliphatic carbocycles. The molecular weight excluding hydrogens is 264 g/mol. The number of rotatable bonds is 2. The highest BCUT2D eigenvalue weighted by Gasteiger charge is 2.23. The van der Waals surface area contributed by atoms with Crippen LogP contribution < -0.4 is 10.6 Å². The quantitative estimate of drug-likeness (QED) is 0.829. The summed E-state index contributed by atoms with van der Waals surface area (Å²) in [5, 5.41) is 5.55. The molecule has 21 heavy (non-hydrogen) atoms. The Morgan fingerprint density at radius 1 is 1.10 bits per heavy atom. The molecule has 0 aromatic heterocycles. The Morgan fingerprint density at radius 3 is 2.52 bits per heavy atom. The summed E-state index contributed by atoms with van der Waals surface area (Å²) in [4.78, 5) is 23.0. The van der Waals surface area contributed by atoms with Crippen LogP contribution in [0.5, 0.6) is 0 Å². The first-order valence-electron chi connectivity index (χ1n) is 6.63. The summed E-state index contributed by atoms with van der Waals surface area (Å²) < 4.78 is 0. The second-order valence-corrected chi connectivity index (χ2v) is 4.86. The third kappa shape index (κ3) is 2.69. The molecule has 2 amide bonds. The molecule has 0 atom stereocenters. The Hall–Kier alpha value is -2.88. The Labute approximate surface area is 122 Å². The fraction of sp³-hybridized carbons (Fsp3) is 0.0588. The number of hydrogen-bond donors (Lipinski definition) is 2. The summed E-state index contributed by atoms with van der Waals surface area (Å²) >= 11 is 0. The molecule has 1 aliphatic heterocycles. The van der Waals surface area contributed by atoms with E-state index in [4.69, 9.17) is 0 Å². The maximum absolute atomic E-state index is 12.0. The maximum Gasteiger partial charge on any atom is 0.256 e. The molecule has 0 saturated carbocycles. The summed E-state index contributed by atoms with van der Waals surface area (Å²) in [6.07, 6.45) is 1.85. The van der Waals surface area contributed by atoms with Gasteiger partial charge in [-0.25, -0.2) is 0 Å². The van der Waals surface area contributed by atoms with Crippen molar-refractivity contribution < 1.29 is 9.59 Å². The van der Waals surface area contributed by atoms with E-state index in [2.05, 4.69) is 10.6 Å². The van der Waals surface area contributed by atoms with Gasteiger partial charge in [-0.1, -0.05) is 30.3 Å². The molecule has 4 heteroatoms. The van der Waals surface area contributed by atoms with Crippen molar-refractivity contribution in [3.05, 3.63) is 59.7 Å². The van der Waals surface area contributed by atoms with Crippen LogP contribution in [-0.2, 0) is 9.59 Å². The lowest BCUT2D eigenvalue weighted by atomic mass is 10.0. The molecular formula is C17H14N2O2. The molecule has 3 rings (SSSR count). The van der Waals surface area contributed by atoms with Crippen molar-refractivity contribution >= 4 is 34.8 Å². The van der Waals surface area contributed by atoms with Crippen molar-refractivity contribution in [3.8, 4) is 0 Å². The van der Waals surface area contributed by atoms with Crippen LogP contribution in [-0.4, -0.2) is 11.8 Å². The lowest BCUT2D eigenvalue weighted by Gasteiger charge is -2.02. The SMILES string of the molecule is CC(=O)Nc1ccc(C=C2C(=O)Nc3ccccc32)cc1. The van der Waals surface area contributed by atoms with E-state index in [1.807, 2.05) is 54.6 Å². The van der Waals surface area contributed by atoms with Gasteiger partial charge in [-0.3, -0.25) is 9.59 Å². The first kappa shape index (κ1) is 13.1. The lowest BCUT2D eigenvalue weighted by Crippen LogP contribution is -2.05. The summed E-state index contributed by atoms with van der Waals surface area (Å²) in [5.41, 5.74) is 4.04. The monoisotopic (exact) mass is 278 g/mol. The van der Waals surface area contributed by atoms with Crippen LogP contribution in [0.3, 0.4) is 0 Å². The molecule has 2 aromatic carbocycles. The summed E-state index contributed by atoms with van der Waals surface area (Å²) in [6, 6.07) is 15.0. The third-order valence-corrected chi connectivity index (χ3v) is 3.25. The fourth-order valence-electron chi connectivity index (χ4n) is 2.31. The van der Waals surface area contributed by atoms with E-state index in [0.29, 0.717) is 5.57 Å². The number of nitrogens with one attached hydrogen (secondary N) is 2. The minimum absolute atomic E-state index is 0.0952. The summed E-state index contributed by atoms with van der Waals surface area (Å²) in [7, 11) is 0. The highest BCUT2D eigenvalue weighted by atomic mass is 16.2. The highest BCUT2D eigenvalue weighted by Crippen LogP contribution is 2.32. The topological polar surface area (TPSA) is 58.2 Å². The van der Waals surface area contributed by atoms with E-state index in [1.54, 1.807) is 0 Å². The minimum Gasteiger partial charge on any atom is -0.326 e. The Kier molecular flexibility index (Phi) is 3.28. The molecule has 0 spiro atoms. The molecule has 1 aliphatic rings. The predicted molar refractivity (Wildman–Crippen MR) is 83.7 cm³/mol. The van der Waals surface area contributed by atoms with Crippen molar-refractivity contribution in [2.45, 2.75) is 6.92 Å². The van der Waals surface area contributed by atoms with Gasteiger partial charge in [0.15, 0.2) is 0 Å². The van der Waals surface area contributed by atoms with Crippen molar-refractivity contribution in [2.24, 2.45) is 0 Å². The fourth-order valence-corrected chi connectivity index (χ4v) is 2.31. The zero-order valence-corrected chi connectivity index (χ0v) is 11.5. The van der Waals surface area contributed by atoms with Crippen LogP contribution in [0, 0.1) is 0 Å². The van der Waals surface area contributed by atoms with E-state index in [-0.39, 0.29) is 11.8 Å². The average molecular weight is 278 g/mol. The van der Waals surface area contributed by atoms with Crippen molar-refractivity contribution in [1.82, 2.24) is 0 Å². The molecule has 1 heterocycles. The van der Waals surface area contributed by atoms with Crippen LogP contribution in [0.15, 0.2) is 48.5 Å². The number of carbonyl (C=O) groups is 2. The zero-order chi connectivity index (χ0) is 14.8. The maximum atomic E-state index is 12.0. The second-order valence-electron chi connectivity index (χ2n) is 4.86. The van der Waals surface area contributed by atoms with Gasteiger partial charge < -0.3 is 10.6 Å². The first-order valence-corrected chi connectivity index (χ1v) is 6.63. The molecule has 0 bridgehead atoms. The van der Waals surface area contributed by atoms with Gasteiger partial charge in [0, 0.05) is 29.4 Å². The number of carbonyl (C=O) groups excluding carboxylic acids is 2. The summed E-state index contributed by atoms with van der Waals surface area (Å²) in [6.45, 7) is 1.47. The van der Waals surface area contributed by atoms with E-state index in [0.717, 1.165) is 22.5 Å². The standard InChI is InChI=1S/C17H14N2O2/c1-11(20)18-13-8-6-12(7-9-13)10-15-14-4-2-3-5-16(14)19-17(15)21/h2-10H,1H3,(H,18,20)(H,19,21). The first-order chi connectivity index (χ1) is 10.1. The third-order valence-electron chi connectivity index (χ3n) is 3.25. The molecule has 104 valence electrons. The number of benzene rings is 2. The van der Waals surface area contributed by atoms with E-state index < -0.39 is 0 Å². The Bertz CT molecular complexity index is 746. The molecule has 0 saturated heterocycles.